The number of carboxylic acids is 1. The van der Waals surface area contributed by atoms with Crippen molar-refractivity contribution < 1.29 is 39.6 Å². The van der Waals surface area contributed by atoms with E-state index in [0.717, 1.165) is 0 Å². The number of phenols is 1. The van der Waals surface area contributed by atoms with Crippen LogP contribution in [-0.4, -0.2) is 81.5 Å². The highest BCUT2D eigenvalue weighted by atomic mass is 16.4. The molecule has 1 aromatic carbocycles. The summed E-state index contributed by atoms with van der Waals surface area (Å²) in [5.74, 6) is -4.30. The molecule has 12 nitrogen and oxygen atoms in total. The second kappa shape index (κ2) is 12.6. The van der Waals surface area contributed by atoms with E-state index >= 15 is 0 Å². The minimum absolute atomic E-state index is 0.00348. The van der Waals surface area contributed by atoms with E-state index < -0.39 is 67.0 Å². The molecule has 0 radical (unpaired) electrons. The zero-order valence-electron chi connectivity index (χ0n) is 17.8. The van der Waals surface area contributed by atoms with E-state index in [9.17, 15) is 34.5 Å². The van der Waals surface area contributed by atoms with Crippen molar-refractivity contribution in [2.45, 2.75) is 44.4 Å². The number of carbonyl (C=O) groups is 4. The largest absolute Gasteiger partial charge is 0.508 e. The molecule has 4 unspecified atom stereocenters. The van der Waals surface area contributed by atoms with Crippen molar-refractivity contribution in [3.8, 4) is 5.75 Å². The van der Waals surface area contributed by atoms with Crippen molar-refractivity contribution in [3.05, 3.63) is 29.8 Å². The van der Waals surface area contributed by atoms with Gasteiger partial charge in [0.1, 0.15) is 29.9 Å². The average Bonchev–Trinajstić information content (AvgIpc) is 2.75. The quantitative estimate of drug-likeness (QED) is 0.167. The number of carboxylic acid groups (broad SMARTS) is 1. The lowest BCUT2D eigenvalue weighted by Crippen LogP contribution is -2.59. The third kappa shape index (κ3) is 8.13. The molecule has 9 N–H and O–H groups in total. The Bertz CT molecular complexity index is 799. The molecule has 3 amide bonds. The summed E-state index contributed by atoms with van der Waals surface area (Å²) in [7, 11) is 0. The van der Waals surface area contributed by atoms with Crippen LogP contribution in [0.3, 0.4) is 0 Å². The topological polar surface area (TPSA) is 211 Å². The highest BCUT2D eigenvalue weighted by Crippen LogP contribution is 2.12. The lowest BCUT2D eigenvalue weighted by atomic mass is 10.0. The van der Waals surface area contributed by atoms with Gasteiger partial charge in [0.05, 0.1) is 13.2 Å². The number of nitrogens with two attached hydrogens (primary N) is 1. The van der Waals surface area contributed by atoms with Gasteiger partial charge in [0.2, 0.25) is 17.7 Å². The average molecular weight is 454 g/mol. The predicted molar refractivity (Wildman–Crippen MR) is 112 cm³/mol. The summed E-state index contributed by atoms with van der Waals surface area (Å²) in [6.07, 6.45) is -0.0560. The Hall–Kier alpha value is -3.22. The van der Waals surface area contributed by atoms with Crippen LogP contribution < -0.4 is 21.7 Å². The molecule has 0 saturated carbocycles. The molecule has 0 spiro atoms. The number of amides is 3. The van der Waals surface area contributed by atoms with Gasteiger partial charge in [-0.05, 0) is 23.6 Å². The first-order chi connectivity index (χ1) is 15.0. The third-order valence-corrected chi connectivity index (χ3v) is 4.59. The molecule has 0 aliphatic heterocycles. The van der Waals surface area contributed by atoms with Crippen LogP contribution in [0.4, 0.5) is 0 Å². The number of hydrogen-bond donors (Lipinski definition) is 8. The molecule has 0 aliphatic rings. The van der Waals surface area contributed by atoms with E-state index in [1.807, 2.05) is 0 Å². The molecule has 0 saturated heterocycles. The van der Waals surface area contributed by atoms with Gasteiger partial charge in [-0.2, -0.15) is 0 Å². The van der Waals surface area contributed by atoms with E-state index in [1.54, 1.807) is 13.8 Å². The lowest BCUT2D eigenvalue weighted by molar-refractivity contribution is -0.143. The van der Waals surface area contributed by atoms with E-state index in [0.29, 0.717) is 5.56 Å². The van der Waals surface area contributed by atoms with Crippen LogP contribution in [0.1, 0.15) is 19.4 Å². The van der Waals surface area contributed by atoms with Crippen LogP contribution in [0, 0.1) is 5.92 Å². The minimum Gasteiger partial charge on any atom is -0.508 e. The van der Waals surface area contributed by atoms with E-state index in [4.69, 9.17) is 10.8 Å². The Morgan fingerprint density at radius 2 is 1.41 bits per heavy atom. The molecule has 0 bridgehead atoms. The van der Waals surface area contributed by atoms with Gasteiger partial charge in [-0.1, -0.05) is 26.0 Å². The molecule has 0 aliphatic carbocycles. The number of aliphatic hydroxyl groups excluding tert-OH is 2. The number of phenolic OH excluding ortho intramolecular Hbond substituents is 1. The van der Waals surface area contributed by atoms with Crippen LogP contribution >= 0.6 is 0 Å². The summed E-state index contributed by atoms with van der Waals surface area (Å²) in [5, 5.41) is 44.1. The van der Waals surface area contributed by atoms with Crippen molar-refractivity contribution in [2.75, 3.05) is 13.2 Å². The number of carbonyl (C=O) groups excluding carboxylic acids is 3. The van der Waals surface area contributed by atoms with Crippen LogP contribution in [0.2, 0.25) is 0 Å². The van der Waals surface area contributed by atoms with Crippen molar-refractivity contribution in [1.82, 2.24) is 16.0 Å². The Kier molecular flexibility index (Phi) is 10.5. The number of aliphatic hydroxyl groups is 2. The Morgan fingerprint density at radius 1 is 0.875 bits per heavy atom. The van der Waals surface area contributed by atoms with Crippen molar-refractivity contribution >= 4 is 23.7 Å². The standard InChI is InChI=1S/C20H30N4O8/c1-10(2)16(20(31)32)24-19(30)15(9-26)23-18(29)14(22-17(28)13(21)8-25)7-11-3-5-12(27)6-4-11/h3-6,10,13-16,25-27H,7-9,21H2,1-2H3,(H,22,28)(H,23,29)(H,24,30)(H,31,32). The van der Waals surface area contributed by atoms with Gasteiger partial charge in [0, 0.05) is 6.42 Å². The number of benzene rings is 1. The predicted octanol–water partition coefficient (Wildman–Crippen LogP) is -2.56. The highest BCUT2D eigenvalue weighted by Gasteiger charge is 2.31. The van der Waals surface area contributed by atoms with Crippen molar-refractivity contribution in [1.29, 1.82) is 0 Å². The Balaban J connectivity index is 2.99. The van der Waals surface area contributed by atoms with Gasteiger partial charge in [-0.3, -0.25) is 14.4 Å². The monoisotopic (exact) mass is 454 g/mol. The summed E-state index contributed by atoms with van der Waals surface area (Å²) in [6.45, 7) is 1.68. The third-order valence-electron chi connectivity index (χ3n) is 4.59. The van der Waals surface area contributed by atoms with Crippen LogP contribution in [-0.2, 0) is 25.6 Å². The number of nitrogens with one attached hydrogen (secondary N) is 3. The van der Waals surface area contributed by atoms with Crippen molar-refractivity contribution in [3.63, 3.8) is 0 Å². The van der Waals surface area contributed by atoms with E-state index in [-0.39, 0.29) is 12.2 Å². The highest BCUT2D eigenvalue weighted by molar-refractivity contribution is 5.94. The Labute approximate surface area is 184 Å². The van der Waals surface area contributed by atoms with Gasteiger partial charge < -0.3 is 42.1 Å². The first-order valence-corrected chi connectivity index (χ1v) is 9.89. The fourth-order valence-electron chi connectivity index (χ4n) is 2.67. The maximum Gasteiger partial charge on any atom is 0.326 e. The number of hydrogen-bond acceptors (Lipinski definition) is 8. The zero-order valence-corrected chi connectivity index (χ0v) is 17.8. The fraction of sp³-hybridized carbons (Fsp3) is 0.500. The van der Waals surface area contributed by atoms with Crippen LogP contribution in [0.5, 0.6) is 5.75 Å². The second-order valence-corrected chi connectivity index (χ2v) is 7.53. The summed E-state index contributed by atoms with van der Waals surface area (Å²) in [6, 6.07) is 0.559. The molecule has 0 aromatic heterocycles. The zero-order chi connectivity index (χ0) is 24.4. The second-order valence-electron chi connectivity index (χ2n) is 7.53. The van der Waals surface area contributed by atoms with Crippen molar-refractivity contribution in [2.24, 2.45) is 11.7 Å². The molecule has 178 valence electrons. The molecule has 12 heteroatoms. The summed E-state index contributed by atoms with van der Waals surface area (Å²) in [5.41, 5.74) is 6.03. The molecule has 1 aromatic rings. The summed E-state index contributed by atoms with van der Waals surface area (Å²) >= 11 is 0. The first-order valence-electron chi connectivity index (χ1n) is 9.89. The fourth-order valence-corrected chi connectivity index (χ4v) is 2.67. The first kappa shape index (κ1) is 26.8. The maximum atomic E-state index is 12.8. The van der Waals surface area contributed by atoms with Gasteiger partial charge in [0.15, 0.2) is 0 Å². The van der Waals surface area contributed by atoms with Crippen LogP contribution in [0.15, 0.2) is 24.3 Å². The molecule has 0 fully saturated rings. The SMILES string of the molecule is CC(C)C(NC(=O)C(CO)NC(=O)C(Cc1ccc(O)cc1)NC(=O)C(N)CO)C(=O)O. The molecule has 1 rings (SSSR count). The number of aromatic hydroxyl groups is 1. The molecule has 4 atom stereocenters. The molecule has 0 heterocycles. The van der Waals surface area contributed by atoms with Gasteiger partial charge in [0.25, 0.3) is 0 Å². The van der Waals surface area contributed by atoms with E-state index in [2.05, 4.69) is 16.0 Å². The van der Waals surface area contributed by atoms with E-state index in [1.165, 1.54) is 24.3 Å². The maximum absolute atomic E-state index is 12.8. The molecule has 32 heavy (non-hydrogen) atoms. The summed E-state index contributed by atoms with van der Waals surface area (Å²) < 4.78 is 0. The molecular formula is C20H30N4O8. The normalized spacial score (nSPS) is 14.7. The lowest BCUT2D eigenvalue weighted by Gasteiger charge is -2.25. The number of aliphatic carboxylic acids is 1. The van der Waals surface area contributed by atoms with Gasteiger partial charge >= 0.3 is 5.97 Å². The van der Waals surface area contributed by atoms with Gasteiger partial charge in [-0.25, -0.2) is 4.79 Å². The Morgan fingerprint density at radius 3 is 1.88 bits per heavy atom. The minimum atomic E-state index is -1.48. The smallest absolute Gasteiger partial charge is 0.326 e. The number of rotatable bonds is 12. The van der Waals surface area contributed by atoms with Gasteiger partial charge in [-0.15, -0.1) is 0 Å². The van der Waals surface area contributed by atoms with Crippen LogP contribution in [0.25, 0.3) is 0 Å². The summed E-state index contributed by atoms with van der Waals surface area (Å²) in [4.78, 5) is 48.6. The molecular weight excluding hydrogens is 424 g/mol.